The van der Waals surface area contributed by atoms with E-state index in [1.165, 1.54) is 4.90 Å². The summed E-state index contributed by atoms with van der Waals surface area (Å²) in [7, 11) is 1.58. The number of amides is 2. The molecular formula is C19H33N3O4. The highest BCUT2D eigenvalue weighted by molar-refractivity contribution is 6.12. The molecule has 0 fully saturated rings. The van der Waals surface area contributed by atoms with Crippen molar-refractivity contribution < 1.29 is 19.1 Å². The lowest BCUT2D eigenvalue weighted by Crippen LogP contribution is -2.51. The Kier molecular flexibility index (Phi) is 11.2. The number of nitrogens with one attached hydrogen (secondary N) is 2. The Labute approximate surface area is 156 Å². The molecule has 2 amide bonds. The predicted octanol–water partition coefficient (Wildman–Crippen LogP) is 2.30. The van der Waals surface area contributed by atoms with E-state index < -0.39 is 6.04 Å². The third-order valence-electron chi connectivity index (χ3n) is 4.16. The summed E-state index contributed by atoms with van der Waals surface area (Å²) in [6.45, 7) is 9.89. The average molecular weight is 367 g/mol. The number of hydrogen-bond donors (Lipinski definition) is 2. The van der Waals surface area contributed by atoms with Crippen LogP contribution in [-0.2, 0) is 19.1 Å². The zero-order valence-electron chi connectivity index (χ0n) is 16.8. The van der Waals surface area contributed by atoms with Crippen molar-refractivity contribution in [3.05, 3.63) is 11.1 Å². The minimum atomic E-state index is -0.648. The fourth-order valence-corrected chi connectivity index (χ4v) is 2.58. The van der Waals surface area contributed by atoms with Gasteiger partial charge in [-0.25, -0.2) is 0 Å². The maximum atomic E-state index is 12.7. The number of nitrogens with zero attached hydrogens (tertiary/aromatic N) is 1. The number of ether oxygens (including phenoxy) is 1. The molecule has 7 nitrogen and oxygen atoms in total. The highest BCUT2D eigenvalue weighted by atomic mass is 16.5. The van der Waals surface area contributed by atoms with Crippen molar-refractivity contribution >= 4 is 24.0 Å². The van der Waals surface area contributed by atoms with Gasteiger partial charge in [-0.15, -0.1) is 0 Å². The quantitative estimate of drug-likeness (QED) is 0.253. The average Bonchev–Trinajstić information content (AvgIpc) is 2.58. The highest BCUT2D eigenvalue weighted by Gasteiger charge is 2.31. The number of carbonyl (C=O) groups excluding carboxylic acids is 3. The van der Waals surface area contributed by atoms with Crippen molar-refractivity contribution in [2.24, 2.45) is 5.92 Å². The van der Waals surface area contributed by atoms with E-state index in [2.05, 4.69) is 5.32 Å². The van der Waals surface area contributed by atoms with Gasteiger partial charge < -0.3 is 20.4 Å². The summed E-state index contributed by atoms with van der Waals surface area (Å²) in [6, 6.07) is -0.648. The number of hydrogen-bond acceptors (Lipinski definition) is 5. The van der Waals surface area contributed by atoms with Crippen LogP contribution >= 0.6 is 0 Å². The molecule has 26 heavy (non-hydrogen) atoms. The van der Waals surface area contributed by atoms with Gasteiger partial charge in [-0.3, -0.25) is 14.4 Å². The molecule has 0 bridgehead atoms. The summed E-state index contributed by atoms with van der Waals surface area (Å²) in [5.74, 6) is -0.980. The molecule has 0 aliphatic heterocycles. The van der Waals surface area contributed by atoms with Gasteiger partial charge in [0.15, 0.2) is 0 Å². The molecule has 0 aliphatic carbocycles. The molecule has 0 heterocycles. The summed E-state index contributed by atoms with van der Waals surface area (Å²) >= 11 is 0. The second kappa shape index (κ2) is 12.2. The molecule has 0 aromatic carbocycles. The molecule has 0 spiro atoms. The van der Waals surface area contributed by atoms with Crippen LogP contribution in [0.4, 0.5) is 0 Å². The van der Waals surface area contributed by atoms with Crippen molar-refractivity contribution in [1.82, 2.24) is 10.2 Å². The van der Waals surface area contributed by atoms with E-state index in [1.54, 1.807) is 14.0 Å². The van der Waals surface area contributed by atoms with E-state index in [-0.39, 0.29) is 30.1 Å². The molecule has 0 aliphatic rings. The second-order valence-corrected chi connectivity index (χ2v) is 6.50. The van der Waals surface area contributed by atoms with Gasteiger partial charge in [0.05, 0.1) is 12.2 Å². The molecule has 0 aromatic rings. The fourth-order valence-electron chi connectivity index (χ4n) is 2.58. The summed E-state index contributed by atoms with van der Waals surface area (Å²) in [5, 5.41) is 10.3. The summed E-state index contributed by atoms with van der Waals surface area (Å²) in [5.41, 5.74) is 1.13. The summed E-state index contributed by atoms with van der Waals surface area (Å²) < 4.78 is 4.85. The van der Waals surface area contributed by atoms with Gasteiger partial charge in [0, 0.05) is 26.2 Å². The van der Waals surface area contributed by atoms with E-state index in [4.69, 9.17) is 10.1 Å². The van der Waals surface area contributed by atoms with Gasteiger partial charge in [-0.2, -0.15) is 0 Å². The molecule has 2 N–H and O–H groups in total. The molecule has 1 atom stereocenters. The lowest BCUT2D eigenvalue weighted by atomic mass is 9.99. The molecule has 0 rings (SSSR count). The Hall–Kier alpha value is -2.18. The van der Waals surface area contributed by atoms with E-state index in [0.717, 1.165) is 11.8 Å². The van der Waals surface area contributed by atoms with Gasteiger partial charge in [-0.1, -0.05) is 26.3 Å². The van der Waals surface area contributed by atoms with Crippen molar-refractivity contribution in [1.29, 1.82) is 5.41 Å². The highest BCUT2D eigenvalue weighted by Crippen LogP contribution is 2.15. The number of likely N-dealkylation sites (N-methyl/N-ethyl adjacent to an activating group) is 1. The third-order valence-corrected chi connectivity index (χ3v) is 4.16. The molecule has 0 radical (unpaired) electrons. The van der Waals surface area contributed by atoms with Crippen LogP contribution in [0.25, 0.3) is 0 Å². The first-order valence-corrected chi connectivity index (χ1v) is 9.11. The Morgan fingerprint density at radius 1 is 1.23 bits per heavy atom. The Morgan fingerprint density at radius 3 is 2.31 bits per heavy atom. The van der Waals surface area contributed by atoms with Gasteiger partial charge in [0.25, 0.3) is 5.91 Å². The van der Waals surface area contributed by atoms with Crippen LogP contribution < -0.4 is 5.32 Å². The van der Waals surface area contributed by atoms with Crippen LogP contribution in [0.2, 0.25) is 0 Å². The Balaban J connectivity index is 4.95. The van der Waals surface area contributed by atoms with Crippen LogP contribution in [0, 0.1) is 11.3 Å². The second-order valence-electron chi connectivity index (χ2n) is 6.50. The van der Waals surface area contributed by atoms with Crippen LogP contribution in [0.15, 0.2) is 11.1 Å². The largest absolute Gasteiger partial charge is 0.466 e. The number of allylic oxidation sites excluding steroid dienone is 1. The Bertz CT molecular complexity index is 541. The minimum absolute atomic E-state index is 0.0945. The maximum absolute atomic E-state index is 12.7. The fraction of sp³-hybridized carbons (Fsp3) is 0.684. The summed E-state index contributed by atoms with van der Waals surface area (Å²) in [4.78, 5) is 38.0. The minimum Gasteiger partial charge on any atom is -0.466 e. The molecule has 1 unspecified atom stereocenters. The number of rotatable bonds is 11. The molecule has 7 heteroatoms. The van der Waals surface area contributed by atoms with Crippen LogP contribution in [0.3, 0.4) is 0 Å². The van der Waals surface area contributed by atoms with Crippen molar-refractivity contribution in [2.45, 2.75) is 59.9 Å². The van der Waals surface area contributed by atoms with Crippen LogP contribution in [0.5, 0.6) is 0 Å². The monoisotopic (exact) mass is 367 g/mol. The molecule has 0 aromatic heterocycles. The first-order valence-electron chi connectivity index (χ1n) is 9.11. The lowest BCUT2D eigenvalue weighted by molar-refractivity contribution is -0.143. The van der Waals surface area contributed by atoms with E-state index in [0.29, 0.717) is 31.6 Å². The first kappa shape index (κ1) is 23.8. The van der Waals surface area contributed by atoms with Gasteiger partial charge in [-0.05, 0) is 32.6 Å². The Morgan fingerprint density at radius 2 is 1.85 bits per heavy atom. The number of esters is 1. The molecule has 0 saturated heterocycles. The van der Waals surface area contributed by atoms with Crippen molar-refractivity contribution in [3.63, 3.8) is 0 Å². The normalized spacial score (nSPS) is 12.9. The summed E-state index contributed by atoms with van der Waals surface area (Å²) in [6.07, 6.45) is 2.43. The molecular weight excluding hydrogens is 334 g/mol. The first-order chi connectivity index (χ1) is 12.2. The van der Waals surface area contributed by atoms with Gasteiger partial charge >= 0.3 is 5.97 Å². The predicted molar refractivity (Wildman–Crippen MR) is 102 cm³/mol. The maximum Gasteiger partial charge on any atom is 0.305 e. The molecule has 0 saturated carbocycles. The lowest BCUT2D eigenvalue weighted by Gasteiger charge is -2.30. The van der Waals surface area contributed by atoms with Gasteiger partial charge in [0.1, 0.15) is 6.04 Å². The standard InChI is InChI=1S/C19H33N3O4/c1-7-14(5)15(12-20)19(25)22(6)17(13(3)4)18(24)21-11-9-10-16(23)26-8-2/h12-13,17,20H,7-11H2,1-6H3,(H,21,24)/b15-14+,20-12?. The third kappa shape index (κ3) is 7.37. The van der Waals surface area contributed by atoms with E-state index >= 15 is 0 Å². The van der Waals surface area contributed by atoms with Crippen LogP contribution in [0.1, 0.15) is 53.9 Å². The SMILES string of the molecule is CCOC(=O)CCCNC(=O)C(C(C)C)N(C)C(=O)/C(C=N)=C(\C)CC. The topological polar surface area (TPSA) is 99.6 Å². The van der Waals surface area contributed by atoms with Crippen molar-refractivity contribution in [3.8, 4) is 0 Å². The zero-order chi connectivity index (χ0) is 20.3. The smallest absolute Gasteiger partial charge is 0.305 e. The zero-order valence-corrected chi connectivity index (χ0v) is 16.8. The van der Waals surface area contributed by atoms with Crippen LogP contribution in [-0.4, -0.2) is 55.1 Å². The molecule has 148 valence electrons. The van der Waals surface area contributed by atoms with E-state index in [1.807, 2.05) is 27.7 Å². The van der Waals surface area contributed by atoms with Gasteiger partial charge in [0.2, 0.25) is 5.91 Å². The number of carbonyl (C=O) groups is 3. The van der Waals surface area contributed by atoms with E-state index in [9.17, 15) is 14.4 Å². The van der Waals surface area contributed by atoms with Crippen molar-refractivity contribution in [2.75, 3.05) is 20.2 Å².